The van der Waals surface area contributed by atoms with E-state index in [9.17, 15) is 20.0 Å². The van der Waals surface area contributed by atoms with Crippen molar-refractivity contribution in [1.82, 2.24) is 5.32 Å². The summed E-state index contributed by atoms with van der Waals surface area (Å²) < 4.78 is 5.51. The molecule has 0 saturated heterocycles. The molecular formula is C14H20N2O5. The second kappa shape index (κ2) is 7.03. The van der Waals surface area contributed by atoms with Crippen molar-refractivity contribution >= 4 is 11.6 Å². The van der Waals surface area contributed by atoms with Crippen molar-refractivity contribution in [2.45, 2.75) is 45.9 Å². The number of aliphatic hydroxyl groups is 1. The van der Waals surface area contributed by atoms with Crippen molar-refractivity contribution in [2.24, 2.45) is 0 Å². The van der Waals surface area contributed by atoms with Gasteiger partial charge in [-0.25, -0.2) is 0 Å². The van der Waals surface area contributed by atoms with Crippen LogP contribution in [-0.2, 0) is 4.79 Å². The normalized spacial score (nSPS) is 13.6. The van der Waals surface area contributed by atoms with Gasteiger partial charge in [0.1, 0.15) is 5.75 Å². The van der Waals surface area contributed by atoms with Crippen molar-refractivity contribution in [3.05, 3.63) is 33.9 Å². The van der Waals surface area contributed by atoms with Crippen LogP contribution in [0.15, 0.2) is 18.2 Å². The Balaban J connectivity index is 2.97. The molecule has 0 aliphatic heterocycles. The number of ether oxygens (including phenoxy) is 1. The first-order valence-electron chi connectivity index (χ1n) is 6.65. The van der Waals surface area contributed by atoms with Crippen molar-refractivity contribution in [3.63, 3.8) is 0 Å². The maximum atomic E-state index is 11.8. The van der Waals surface area contributed by atoms with Gasteiger partial charge in [-0.05, 0) is 33.8 Å². The van der Waals surface area contributed by atoms with Crippen molar-refractivity contribution in [1.29, 1.82) is 0 Å². The van der Waals surface area contributed by atoms with Gasteiger partial charge < -0.3 is 15.2 Å². The lowest BCUT2D eigenvalue weighted by atomic mass is 10.1. The molecule has 21 heavy (non-hydrogen) atoms. The average molecular weight is 296 g/mol. The highest BCUT2D eigenvalue weighted by Crippen LogP contribution is 2.30. The molecule has 0 aliphatic rings. The minimum Gasteiger partial charge on any atom is -0.481 e. The molecule has 2 atom stereocenters. The molecular weight excluding hydrogens is 276 g/mol. The van der Waals surface area contributed by atoms with E-state index in [4.69, 9.17) is 4.74 Å². The van der Waals surface area contributed by atoms with Gasteiger partial charge in [-0.15, -0.1) is 0 Å². The smallest absolute Gasteiger partial charge is 0.270 e. The predicted molar refractivity (Wildman–Crippen MR) is 77.1 cm³/mol. The van der Waals surface area contributed by atoms with Crippen LogP contribution in [0.25, 0.3) is 0 Å². The minimum atomic E-state index is -0.944. The number of carbonyl (C=O) groups excluding carboxylic acids is 1. The van der Waals surface area contributed by atoms with E-state index >= 15 is 0 Å². The SMILES string of the molecule is CC(C)NC(=O)C(C)Oc1ccc([N+](=O)[O-])cc1[C@@H](C)O. The van der Waals surface area contributed by atoms with Gasteiger partial charge in [0, 0.05) is 23.7 Å². The van der Waals surface area contributed by atoms with Gasteiger partial charge in [0.15, 0.2) is 6.10 Å². The number of hydrogen-bond donors (Lipinski definition) is 2. The molecule has 0 bridgehead atoms. The minimum absolute atomic E-state index is 0.0170. The van der Waals surface area contributed by atoms with Crippen LogP contribution >= 0.6 is 0 Å². The average Bonchev–Trinajstić information content (AvgIpc) is 2.37. The molecule has 0 aliphatic carbocycles. The third kappa shape index (κ3) is 4.71. The van der Waals surface area contributed by atoms with Gasteiger partial charge in [-0.2, -0.15) is 0 Å². The number of nitrogens with zero attached hydrogens (tertiary/aromatic N) is 1. The summed E-state index contributed by atoms with van der Waals surface area (Å²) in [6, 6.07) is 3.89. The number of benzene rings is 1. The van der Waals surface area contributed by atoms with Crippen LogP contribution in [-0.4, -0.2) is 28.1 Å². The van der Waals surface area contributed by atoms with E-state index in [1.165, 1.54) is 25.1 Å². The highest BCUT2D eigenvalue weighted by molar-refractivity contribution is 5.81. The second-order valence-corrected chi connectivity index (χ2v) is 5.08. The van der Waals surface area contributed by atoms with E-state index in [2.05, 4.69) is 5.32 Å². The molecule has 1 unspecified atom stereocenters. The molecule has 0 heterocycles. The summed E-state index contributed by atoms with van der Waals surface area (Å²) in [5.74, 6) is -0.0399. The summed E-state index contributed by atoms with van der Waals surface area (Å²) >= 11 is 0. The summed E-state index contributed by atoms with van der Waals surface area (Å²) in [5, 5.41) is 23.2. The van der Waals surface area contributed by atoms with Gasteiger partial charge in [0.05, 0.1) is 11.0 Å². The Kier molecular flexibility index (Phi) is 5.66. The van der Waals surface area contributed by atoms with E-state index < -0.39 is 17.1 Å². The molecule has 1 aromatic carbocycles. The number of nitro benzene ring substituents is 1. The number of amides is 1. The number of hydrogen-bond acceptors (Lipinski definition) is 5. The standard InChI is InChI=1S/C14H20N2O5/c1-8(2)15-14(18)10(4)21-13-6-5-11(16(19)20)7-12(13)9(3)17/h5-10,17H,1-4H3,(H,15,18)/t9-,10?/m1/s1. The second-order valence-electron chi connectivity index (χ2n) is 5.08. The first-order chi connectivity index (χ1) is 9.72. The fourth-order valence-electron chi connectivity index (χ4n) is 1.73. The highest BCUT2D eigenvalue weighted by Gasteiger charge is 2.20. The number of non-ortho nitro benzene ring substituents is 1. The molecule has 0 saturated carbocycles. The van der Waals surface area contributed by atoms with Crippen LogP contribution in [0.2, 0.25) is 0 Å². The van der Waals surface area contributed by atoms with Crippen LogP contribution in [0, 0.1) is 10.1 Å². The molecule has 0 spiro atoms. The van der Waals surface area contributed by atoms with Gasteiger partial charge in [-0.3, -0.25) is 14.9 Å². The lowest BCUT2D eigenvalue weighted by Crippen LogP contribution is -2.40. The quantitative estimate of drug-likeness (QED) is 0.617. The summed E-state index contributed by atoms with van der Waals surface area (Å²) in [6.07, 6.45) is -1.72. The van der Waals surface area contributed by atoms with E-state index in [0.29, 0.717) is 0 Å². The Morgan fingerprint density at radius 3 is 2.43 bits per heavy atom. The number of nitrogens with one attached hydrogen (secondary N) is 1. The molecule has 2 N–H and O–H groups in total. The molecule has 0 aromatic heterocycles. The van der Waals surface area contributed by atoms with Gasteiger partial charge in [0.25, 0.3) is 11.6 Å². The maximum absolute atomic E-state index is 11.8. The van der Waals surface area contributed by atoms with E-state index in [1.54, 1.807) is 6.92 Å². The summed E-state index contributed by atoms with van der Waals surface area (Å²) in [5.41, 5.74) is 0.130. The Morgan fingerprint density at radius 1 is 1.33 bits per heavy atom. The van der Waals surface area contributed by atoms with Crippen LogP contribution in [0.1, 0.15) is 39.4 Å². The van der Waals surface area contributed by atoms with Gasteiger partial charge in [0.2, 0.25) is 0 Å². The number of rotatable bonds is 6. The van der Waals surface area contributed by atoms with Crippen LogP contribution in [0.4, 0.5) is 5.69 Å². The van der Waals surface area contributed by atoms with Crippen molar-refractivity contribution < 1.29 is 19.6 Å². The molecule has 1 aromatic rings. The molecule has 1 amide bonds. The first kappa shape index (κ1) is 16.9. The molecule has 0 fully saturated rings. The third-order valence-corrected chi connectivity index (χ3v) is 2.76. The number of carbonyl (C=O) groups is 1. The van der Waals surface area contributed by atoms with E-state index in [-0.39, 0.29) is 28.9 Å². The zero-order valence-electron chi connectivity index (χ0n) is 12.5. The highest BCUT2D eigenvalue weighted by atomic mass is 16.6. The van der Waals surface area contributed by atoms with Crippen molar-refractivity contribution in [2.75, 3.05) is 0 Å². The topological polar surface area (TPSA) is 102 Å². The Labute approximate surface area is 123 Å². The molecule has 0 radical (unpaired) electrons. The third-order valence-electron chi connectivity index (χ3n) is 2.76. The molecule has 1 rings (SSSR count). The van der Waals surface area contributed by atoms with Gasteiger partial charge in [-0.1, -0.05) is 0 Å². The first-order valence-corrected chi connectivity index (χ1v) is 6.65. The fraction of sp³-hybridized carbons (Fsp3) is 0.500. The lowest BCUT2D eigenvalue weighted by molar-refractivity contribution is -0.385. The Bertz CT molecular complexity index is 528. The Morgan fingerprint density at radius 2 is 1.95 bits per heavy atom. The number of nitro groups is 1. The van der Waals surface area contributed by atoms with Gasteiger partial charge >= 0.3 is 0 Å². The zero-order chi connectivity index (χ0) is 16.2. The van der Waals surface area contributed by atoms with E-state index in [1.807, 2.05) is 13.8 Å². The largest absolute Gasteiger partial charge is 0.481 e. The van der Waals surface area contributed by atoms with E-state index in [0.717, 1.165) is 0 Å². The molecule has 7 nitrogen and oxygen atoms in total. The predicted octanol–water partition coefficient (Wildman–Crippen LogP) is 1.94. The maximum Gasteiger partial charge on any atom is 0.270 e. The Hall–Kier alpha value is -2.15. The number of aliphatic hydroxyl groups excluding tert-OH is 1. The molecule has 7 heteroatoms. The zero-order valence-corrected chi connectivity index (χ0v) is 12.5. The van der Waals surface area contributed by atoms with Crippen LogP contribution in [0.5, 0.6) is 5.75 Å². The van der Waals surface area contributed by atoms with Crippen molar-refractivity contribution in [3.8, 4) is 5.75 Å². The lowest BCUT2D eigenvalue weighted by Gasteiger charge is -2.19. The molecule has 116 valence electrons. The fourth-order valence-corrected chi connectivity index (χ4v) is 1.73. The van der Waals surface area contributed by atoms with Crippen LogP contribution < -0.4 is 10.1 Å². The summed E-state index contributed by atoms with van der Waals surface area (Å²) in [4.78, 5) is 22.0. The summed E-state index contributed by atoms with van der Waals surface area (Å²) in [7, 11) is 0. The van der Waals surface area contributed by atoms with Crippen LogP contribution in [0.3, 0.4) is 0 Å². The summed E-state index contributed by atoms with van der Waals surface area (Å²) in [6.45, 7) is 6.71. The monoisotopic (exact) mass is 296 g/mol.